The fraction of sp³-hybridized carbons (Fsp3) is 0.217. The average molecular weight is 387 g/mol. The van der Waals surface area contributed by atoms with E-state index in [1.54, 1.807) is 16.8 Å². The Morgan fingerprint density at radius 2 is 2.14 bits per heavy atom. The maximum atomic E-state index is 13.7. The van der Waals surface area contributed by atoms with Crippen LogP contribution >= 0.6 is 0 Å². The van der Waals surface area contributed by atoms with Crippen molar-refractivity contribution in [1.29, 1.82) is 0 Å². The summed E-state index contributed by atoms with van der Waals surface area (Å²) in [5, 5.41) is 5.75. The summed E-state index contributed by atoms with van der Waals surface area (Å²) in [6.45, 7) is 2.63. The van der Waals surface area contributed by atoms with Gasteiger partial charge < -0.3 is 4.98 Å². The lowest BCUT2D eigenvalue weighted by Crippen LogP contribution is -2.28. The average Bonchev–Trinajstić information content (AvgIpc) is 3.32. The van der Waals surface area contributed by atoms with Crippen LogP contribution in [-0.4, -0.2) is 37.7 Å². The monoisotopic (exact) mass is 387 g/mol. The largest absolute Gasteiger partial charge is 0.346 e. The lowest BCUT2D eigenvalue weighted by atomic mass is 9.99. The Hall–Kier alpha value is -3.25. The molecule has 1 aliphatic rings. The first kappa shape index (κ1) is 17.8. The highest BCUT2D eigenvalue weighted by Crippen LogP contribution is 2.30. The zero-order chi connectivity index (χ0) is 19.8. The van der Waals surface area contributed by atoms with Gasteiger partial charge >= 0.3 is 0 Å². The van der Waals surface area contributed by atoms with Gasteiger partial charge in [-0.2, -0.15) is 5.10 Å². The van der Waals surface area contributed by atoms with Crippen molar-refractivity contribution in [2.75, 3.05) is 13.1 Å². The summed E-state index contributed by atoms with van der Waals surface area (Å²) < 4.78 is 15.5. The van der Waals surface area contributed by atoms with E-state index in [0.29, 0.717) is 0 Å². The first-order chi connectivity index (χ1) is 14.2. The van der Waals surface area contributed by atoms with E-state index in [4.69, 9.17) is 0 Å². The Morgan fingerprint density at radius 3 is 2.97 bits per heavy atom. The molecule has 5 nitrogen and oxygen atoms in total. The van der Waals surface area contributed by atoms with Gasteiger partial charge in [0.15, 0.2) is 0 Å². The van der Waals surface area contributed by atoms with E-state index in [0.717, 1.165) is 48.5 Å². The highest BCUT2D eigenvalue weighted by molar-refractivity contribution is 5.90. The molecule has 0 spiro atoms. The number of aromatic nitrogens is 4. The van der Waals surface area contributed by atoms with Crippen LogP contribution in [0.4, 0.5) is 4.39 Å². The predicted octanol–water partition coefficient (Wildman–Crippen LogP) is 4.39. The maximum absolute atomic E-state index is 13.7. The normalized spacial score (nSPS) is 15.0. The third-order valence-corrected chi connectivity index (χ3v) is 5.49. The Bertz CT molecular complexity index is 1200. The number of nitrogens with zero attached hydrogens (tertiary/aromatic N) is 4. The lowest BCUT2D eigenvalue weighted by molar-refractivity contribution is 0.294. The van der Waals surface area contributed by atoms with Crippen LogP contribution in [0.3, 0.4) is 0 Å². The lowest BCUT2D eigenvalue weighted by Gasteiger charge is -2.26. The van der Waals surface area contributed by atoms with E-state index in [2.05, 4.69) is 38.3 Å². The molecule has 0 amide bonds. The number of hydrogen-bond donors (Lipinski definition) is 1. The number of benzene rings is 1. The summed E-state index contributed by atoms with van der Waals surface area (Å²) in [6, 6.07) is 10.7. The number of pyridine rings is 1. The van der Waals surface area contributed by atoms with Crippen LogP contribution in [0, 0.1) is 5.82 Å². The molecule has 0 unspecified atom stereocenters. The quantitative estimate of drug-likeness (QED) is 0.565. The van der Waals surface area contributed by atoms with Crippen LogP contribution in [-0.2, 0) is 13.6 Å². The molecule has 1 aliphatic heterocycles. The van der Waals surface area contributed by atoms with Gasteiger partial charge in [-0.15, -0.1) is 0 Å². The number of nitrogens with one attached hydrogen (secondary N) is 1. The van der Waals surface area contributed by atoms with Crippen molar-refractivity contribution in [3.63, 3.8) is 0 Å². The second-order valence-corrected chi connectivity index (χ2v) is 7.50. The molecule has 0 atom stereocenters. The number of aromatic amines is 1. The van der Waals surface area contributed by atoms with Gasteiger partial charge in [0.25, 0.3) is 0 Å². The molecule has 6 heteroatoms. The van der Waals surface area contributed by atoms with Crippen molar-refractivity contribution < 1.29 is 4.39 Å². The van der Waals surface area contributed by atoms with E-state index >= 15 is 0 Å². The van der Waals surface area contributed by atoms with Crippen molar-refractivity contribution in [1.82, 2.24) is 24.6 Å². The molecule has 5 rings (SSSR count). The molecule has 4 heterocycles. The maximum Gasteiger partial charge on any atom is 0.137 e. The first-order valence-electron chi connectivity index (χ1n) is 9.80. The summed E-state index contributed by atoms with van der Waals surface area (Å²) in [5.74, 6) is -0.238. The van der Waals surface area contributed by atoms with Crippen molar-refractivity contribution in [2.45, 2.75) is 13.0 Å². The molecule has 146 valence electrons. The number of aryl methyl sites for hydroxylation is 1. The van der Waals surface area contributed by atoms with Gasteiger partial charge in [0.2, 0.25) is 0 Å². The van der Waals surface area contributed by atoms with Gasteiger partial charge in [-0.3, -0.25) is 9.58 Å². The molecule has 3 aromatic heterocycles. The Kier molecular flexibility index (Phi) is 4.48. The first-order valence-corrected chi connectivity index (χ1v) is 9.80. The van der Waals surface area contributed by atoms with Gasteiger partial charge in [0.05, 0.1) is 5.69 Å². The fourth-order valence-corrected chi connectivity index (χ4v) is 4.09. The van der Waals surface area contributed by atoms with E-state index in [9.17, 15) is 4.39 Å². The van der Waals surface area contributed by atoms with Crippen LogP contribution in [0.5, 0.6) is 0 Å². The van der Waals surface area contributed by atoms with Crippen LogP contribution < -0.4 is 0 Å². The smallest absolute Gasteiger partial charge is 0.137 e. The highest BCUT2D eigenvalue weighted by atomic mass is 19.1. The van der Waals surface area contributed by atoms with Crippen LogP contribution in [0.2, 0.25) is 0 Å². The number of H-pyrrole nitrogens is 1. The van der Waals surface area contributed by atoms with Crippen LogP contribution in [0.1, 0.15) is 17.5 Å². The molecule has 0 bridgehead atoms. The van der Waals surface area contributed by atoms with E-state index in [1.165, 1.54) is 22.6 Å². The Balaban J connectivity index is 1.36. The Morgan fingerprint density at radius 1 is 1.21 bits per heavy atom. The molecule has 0 saturated heterocycles. The molecule has 29 heavy (non-hydrogen) atoms. The third kappa shape index (κ3) is 3.47. The van der Waals surface area contributed by atoms with Gasteiger partial charge in [-0.05, 0) is 36.3 Å². The fourth-order valence-electron chi connectivity index (χ4n) is 4.09. The zero-order valence-electron chi connectivity index (χ0n) is 16.3. The predicted molar refractivity (Wildman–Crippen MR) is 113 cm³/mol. The number of rotatable bonds is 4. The van der Waals surface area contributed by atoms with Crippen LogP contribution in [0.25, 0.3) is 27.9 Å². The second-order valence-electron chi connectivity index (χ2n) is 7.50. The molecule has 0 fully saturated rings. The van der Waals surface area contributed by atoms with Gasteiger partial charge in [-0.1, -0.05) is 18.2 Å². The zero-order valence-corrected chi connectivity index (χ0v) is 16.3. The van der Waals surface area contributed by atoms with Crippen molar-refractivity contribution >= 4 is 16.6 Å². The molecular weight excluding hydrogens is 365 g/mol. The van der Waals surface area contributed by atoms with Gasteiger partial charge in [0, 0.05) is 67.3 Å². The summed E-state index contributed by atoms with van der Waals surface area (Å²) in [5.41, 5.74) is 6.32. The Labute approximate surface area is 168 Å². The third-order valence-electron chi connectivity index (χ3n) is 5.49. The molecule has 0 radical (unpaired) electrons. The standard InChI is InChI=1S/C23H22FN5/c1-28-14-18(22(27-28)17-4-2-5-19(24)12-17)15-29-10-7-16(8-11-29)21-13-26-23-20(21)6-3-9-25-23/h2-7,9,12-14H,8,10-11,15H2,1H3,(H,25,26). The summed E-state index contributed by atoms with van der Waals surface area (Å²) in [4.78, 5) is 10.0. The summed E-state index contributed by atoms with van der Waals surface area (Å²) in [7, 11) is 1.91. The summed E-state index contributed by atoms with van der Waals surface area (Å²) in [6.07, 6.45) is 9.19. The van der Waals surface area contributed by atoms with Crippen molar-refractivity contribution in [3.8, 4) is 11.3 Å². The van der Waals surface area contributed by atoms with Crippen LogP contribution in [0.15, 0.2) is 61.1 Å². The van der Waals surface area contributed by atoms with Gasteiger partial charge in [0.1, 0.15) is 11.5 Å². The molecular formula is C23H22FN5. The highest BCUT2D eigenvalue weighted by Gasteiger charge is 2.19. The second kappa shape index (κ2) is 7.29. The molecule has 0 aliphatic carbocycles. The number of hydrogen-bond acceptors (Lipinski definition) is 3. The minimum Gasteiger partial charge on any atom is -0.346 e. The van der Waals surface area contributed by atoms with Crippen molar-refractivity contribution in [3.05, 3.63) is 78.0 Å². The van der Waals surface area contributed by atoms with E-state index in [-0.39, 0.29) is 5.82 Å². The molecule has 1 aromatic carbocycles. The topological polar surface area (TPSA) is 49.7 Å². The van der Waals surface area contributed by atoms with E-state index < -0.39 is 0 Å². The molecule has 1 N–H and O–H groups in total. The molecule has 4 aromatic rings. The minimum atomic E-state index is -0.238. The van der Waals surface area contributed by atoms with Crippen molar-refractivity contribution in [2.24, 2.45) is 7.05 Å². The van der Waals surface area contributed by atoms with E-state index in [1.807, 2.05) is 31.6 Å². The molecule has 0 saturated carbocycles. The minimum absolute atomic E-state index is 0.238. The SMILES string of the molecule is Cn1cc(CN2CC=C(c3c[nH]c4ncccc34)CC2)c(-c2cccc(F)c2)n1. The summed E-state index contributed by atoms with van der Waals surface area (Å²) >= 11 is 0. The van der Waals surface area contributed by atoms with Gasteiger partial charge in [-0.25, -0.2) is 9.37 Å². The number of halogens is 1. The number of fused-ring (bicyclic) bond motifs is 1.